The average molecular weight is 1240 g/mol. The van der Waals surface area contributed by atoms with Crippen LogP contribution in [0.15, 0.2) is 376 Å². The van der Waals surface area contributed by atoms with Crippen molar-refractivity contribution in [3.8, 4) is 134 Å². The summed E-state index contributed by atoms with van der Waals surface area (Å²) in [7, 11) is 0. The van der Waals surface area contributed by atoms with Gasteiger partial charge in [-0.15, -0.1) is 0 Å². The first-order valence-electron chi connectivity index (χ1n) is 34.1. The Balaban J connectivity index is 1.01. The molecule has 0 nitrogen and oxygen atoms in total. The van der Waals surface area contributed by atoms with E-state index in [2.05, 4.69) is 376 Å². The second kappa shape index (κ2) is 23.6. The summed E-state index contributed by atoms with van der Waals surface area (Å²) in [5, 5.41) is 15.0. The maximum Gasteiger partial charge on any atom is -0.000763 e. The summed E-state index contributed by atoms with van der Waals surface area (Å²) in [4.78, 5) is 0. The third-order valence-electron chi connectivity index (χ3n) is 20.6. The molecular weight excluding hydrogens is 1180 g/mol. The van der Waals surface area contributed by atoms with Crippen LogP contribution in [-0.2, 0) is 0 Å². The minimum absolute atomic E-state index is 1.11. The number of rotatable bonds is 12. The Hall–Kier alpha value is -12.7. The minimum atomic E-state index is 1.11. The predicted octanol–water partition coefficient (Wildman–Crippen LogP) is 27.5. The zero-order valence-electron chi connectivity index (χ0n) is 53.8. The Morgan fingerprint density at radius 3 is 0.500 bits per heavy atom. The molecule has 0 spiro atoms. The molecule has 0 radical (unpaired) electrons. The van der Waals surface area contributed by atoms with Crippen LogP contribution in [0.1, 0.15) is 0 Å². The van der Waals surface area contributed by atoms with Crippen molar-refractivity contribution in [1.82, 2.24) is 0 Å². The molecule has 0 fully saturated rings. The number of hydrogen-bond donors (Lipinski definition) is 0. The van der Waals surface area contributed by atoms with Crippen molar-refractivity contribution in [1.29, 1.82) is 0 Å². The monoisotopic (exact) mass is 1240 g/mol. The van der Waals surface area contributed by atoms with Gasteiger partial charge in [0.05, 0.1) is 0 Å². The van der Waals surface area contributed by atoms with E-state index in [0.29, 0.717) is 0 Å². The molecule has 0 amide bonds. The van der Waals surface area contributed by atoms with Gasteiger partial charge < -0.3 is 0 Å². The number of hydrogen-bond acceptors (Lipinski definition) is 0. The van der Waals surface area contributed by atoms with Gasteiger partial charge in [0, 0.05) is 0 Å². The molecule has 0 bridgehead atoms. The quantitative estimate of drug-likeness (QED) is 0.107. The van der Waals surface area contributed by atoms with E-state index in [1.54, 1.807) is 0 Å². The van der Waals surface area contributed by atoms with E-state index in [1.165, 1.54) is 143 Å². The SMILES string of the molecule is c1ccc(-c2c(-c3ccccc3)c(-c3ccccc3)c(-c3ccc4ccc5cccc6ccc3c4c56)c(-c3ccc(-c4c(-c5ccccc5)c(-c5ccccc5)c(-c5ccccc5)c(-c5ccccc5)c4-c4ccc5ccc6cccc7ccc4c5c67)cc3)c2-c2ccccc2)cc1. The maximum absolute atomic E-state index is 2.46. The lowest BCUT2D eigenvalue weighted by Gasteiger charge is -2.30. The first-order chi connectivity index (χ1) is 48.7. The molecule has 0 aliphatic rings. The fraction of sp³-hybridized carbons (Fsp3) is 0. The molecule has 0 heterocycles. The summed E-state index contributed by atoms with van der Waals surface area (Å²) in [5.74, 6) is 0. The Kier molecular flexibility index (Phi) is 13.7. The van der Waals surface area contributed by atoms with Crippen LogP contribution in [0.3, 0.4) is 0 Å². The van der Waals surface area contributed by atoms with Crippen LogP contribution >= 0.6 is 0 Å². The summed E-state index contributed by atoms with van der Waals surface area (Å²) < 4.78 is 0. The predicted molar refractivity (Wildman–Crippen MR) is 419 cm³/mol. The summed E-state index contributed by atoms with van der Waals surface area (Å²) in [5.41, 5.74) is 27.9. The smallest absolute Gasteiger partial charge is 0.000763 e. The average Bonchev–Trinajstić information content (AvgIpc) is 0.705. The van der Waals surface area contributed by atoms with Gasteiger partial charge in [-0.25, -0.2) is 0 Å². The lowest BCUT2D eigenvalue weighted by Crippen LogP contribution is -2.03. The van der Waals surface area contributed by atoms with Crippen LogP contribution in [0.2, 0.25) is 0 Å². The largest absolute Gasteiger partial charge is 0.0622 e. The van der Waals surface area contributed by atoms with Crippen molar-refractivity contribution in [3.05, 3.63) is 376 Å². The molecule has 19 aromatic rings. The van der Waals surface area contributed by atoms with Crippen LogP contribution in [-0.4, -0.2) is 0 Å². The third kappa shape index (κ3) is 9.22. The van der Waals surface area contributed by atoms with Gasteiger partial charge in [-0.2, -0.15) is 0 Å². The van der Waals surface area contributed by atoms with Crippen LogP contribution in [0.5, 0.6) is 0 Å². The van der Waals surface area contributed by atoms with Gasteiger partial charge in [-0.05, 0) is 198 Å². The first-order valence-corrected chi connectivity index (χ1v) is 34.1. The van der Waals surface area contributed by atoms with Gasteiger partial charge in [0.1, 0.15) is 0 Å². The Morgan fingerprint density at radius 2 is 0.276 bits per heavy atom. The van der Waals surface area contributed by atoms with Crippen LogP contribution < -0.4 is 0 Å². The van der Waals surface area contributed by atoms with E-state index in [1.807, 2.05) is 0 Å². The minimum Gasteiger partial charge on any atom is -0.0622 e. The Bertz CT molecular complexity index is 5770. The highest BCUT2D eigenvalue weighted by molar-refractivity contribution is 6.30. The van der Waals surface area contributed by atoms with Crippen molar-refractivity contribution < 1.29 is 0 Å². The molecule has 0 saturated carbocycles. The second-order valence-electron chi connectivity index (χ2n) is 25.9. The highest BCUT2D eigenvalue weighted by Crippen LogP contribution is 2.60. The summed E-state index contributed by atoms with van der Waals surface area (Å²) in [6.07, 6.45) is 0. The van der Waals surface area contributed by atoms with E-state index in [-0.39, 0.29) is 0 Å². The molecule has 0 heteroatoms. The van der Waals surface area contributed by atoms with Gasteiger partial charge in [-0.3, -0.25) is 0 Å². The molecular formula is C98H62. The lowest BCUT2D eigenvalue weighted by atomic mass is 9.72. The molecule has 0 atom stereocenters. The molecule has 19 aromatic carbocycles. The molecule has 0 unspecified atom stereocenters. The third-order valence-corrected chi connectivity index (χ3v) is 20.6. The van der Waals surface area contributed by atoms with E-state index >= 15 is 0 Å². The van der Waals surface area contributed by atoms with Crippen LogP contribution in [0.4, 0.5) is 0 Å². The Morgan fingerprint density at radius 1 is 0.102 bits per heavy atom. The van der Waals surface area contributed by atoms with Gasteiger partial charge in [0.15, 0.2) is 0 Å². The van der Waals surface area contributed by atoms with Crippen molar-refractivity contribution in [2.24, 2.45) is 0 Å². The van der Waals surface area contributed by atoms with Gasteiger partial charge in [-0.1, -0.05) is 376 Å². The van der Waals surface area contributed by atoms with Gasteiger partial charge in [0.2, 0.25) is 0 Å². The normalized spacial score (nSPS) is 11.7. The lowest BCUT2D eigenvalue weighted by molar-refractivity contribution is 1.51. The standard InChI is InChI=1S/C98H62/c1-9-27-63(28-10-1)87-89(65-31-13-3-14-32-65)93(69-39-21-7-22-40-69)97(81-61-57-75-49-47-71-43-25-45-73-55-59-79(81)85(75)83(71)73)95(91(87)67-35-17-5-18-36-67)77-51-53-78(54-52-77)96-92(68-37-19-6-20-38-68)88(64-29-11-2-12-30-64)90(66-33-15-4-16-34-66)94(70-41-23-8-24-42-70)98(96)82-62-58-76-50-48-72-44-26-46-74-56-60-80(82)86(76)84(72)74/h1-62H. The summed E-state index contributed by atoms with van der Waals surface area (Å²) >= 11 is 0. The topological polar surface area (TPSA) is 0 Å². The first kappa shape index (κ1) is 56.8. The molecule has 0 saturated heterocycles. The van der Waals surface area contributed by atoms with Crippen molar-refractivity contribution in [2.45, 2.75) is 0 Å². The van der Waals surface area contributed by atoms with E-state index in [4.69, 9.17) is 0 Å². The fourth-order valence-electron chi connectivity index (χ4n) is 16.5. The van der Waals surface area contributed by atoms with Gasteiger partial charge >= 0.3 is 0 Å². The highest BCUT2D eigenvalue weighted by atomic mass is 14.4. The Labute approximate surface area is 570 Å². The fourth-order valence-corrected chi connectivity index (χ4v) is 16.5. The molecule has 0 N–H and O–H groups in total. The molecule has 0 aliphatic heterocycles. The molecule has 0 aromatic heterocycles. The van der Waals surface area contributed by atoms with Crippen LogP contribution in [0.25, 0.3) is 198 Å². The zero-order valence-corrected chi connectivity index (χ0v) is 53.8. The number of benzene rings is 19. The summed E-state index contributed by atoms with van der Waals surface area (Å²) in [6.45, 7) is 0. The molecule has 454 valence electrons. The second-order valence-corrected chi connectivity index (χ2v) is 25.9. The van der Waals surface area contributed by atoms with Crippen molar-refractivity contribution in [2.75, 3.05) is 0 Å². The zero-order chi connectivity index (χ0) is 64.6. The van der Waals surface area contributed by atoms with E-state index < -0.39 is 0 Å². The molecule has 0 aliphatic carbocycles. The maximum atomic E-state index is 2.46. The van der Waals surface area contributed by atoms with Crippen LogP contribution in [0, 0.1) is 0 Å². The van der Waals surface area contributed by atoms with Gasteiger partial charge in [0.25, 0.3) is 0 Å². The highest BCUT2D eigenvalue weighted by Gasteiger charge is 2.33. The molecule has 98 heavy (non-hydrogen) atoms. The summed E-state index contributed by atoms with van der Waals surface area (Å²) in [6, 6.07) is 141. The van der Waals surface area contributed by atoms with E-state index in [9.17, 15) is 0 Å². The van der Waals surface area contributed by atoms with Crippen molar-refractivity contribution in [3.63, 3.8) is 0 Å². The molecule has 19 rings (SSSR count). The van der Waals surface area contributed by atoms with Crippen molar-refractivity contribution >= 4 is 64.6 Å². The van der Waals surface area contributed by atoms with E-state index in [0.717, 1.165) is 55.6 Å².